The van der Waals surface area contributed by atoms with Crippen LogP contribution in [-0.2, 0) is 11.3 Å². The largest absolute Gasteiger partial charge is 0.358 e. The average molecular weight is 198 g/mol. The van der Waals surface area contributed by atoms with E-state index >= 15 is 0 Å². The Bertz CT molecular complexity index is 283. The second-order valence-electron chi connectivity index (χ2n) is 2.79. The maximum absolute atomic E-state index is 10.8. The third kappa shape index (κ3) is 3.57. The van der Waals surface area contributed by atoms with Crippen LogP contribution in [0.25, 0.3) is 0 Å². The lowest BCUT2D eigenvalue weighted by Gasteiger charge is -2.00. The molecule has 2 N–H and O–H groups in total. The van der Waals surface area contributed by atoms with Crippen molar-refractivity contribution < 1.29 is 4.79 Å². The zero-order valence-electron chi connectivity index (χ0n) is 7.89. The van der Waals surface area contributed by atoms with Crippen molar-refractivity contribution in [3.8, 4) is 0 Å². The predicted octanol–water partition coefficient (Wildman–Crippen LogP) is 0.892. The second kappa shape index (κ2) is 4.99. The van der Waals surface area contributed by atoms with Gasteiger partial charge in [0.25, 0.3) is 0 Å². The monoisotopic (exact) mass is 198 g/mol. The molecule has 13 heavy (non-hydrogen) atoms. The Labute approximate surface area is 82.2 Å². The number of aryl methyl sites for hydroxylation is 1. The molecule has 1 rings (SSSR count). The minimum Gasteiger partial charge on any atom is -0.358 e. The second-order valence-corrected chi connectivity index (χ2v) is 4.16. The molecule has 0 saturated carbocycles. The lowest BCUT2D eigenvalue weighted by molar-refractivity contribution is -0.119. The Morgan fingerprint density at radius 2 is 2.31 bits per heavy atom. The number of carbonyl (C=O) groups excluding carboxylic acids is 1. The van der Waals surface area contributed by atoms with Crippen LogP contribution in [0.1, 0.15) is 9.75 Å². The molecule has 3 nitrogen and oxygen atoms in total. The van der Waals surface area contributed by atoms with Gasteiger partial charge in [-0.3, -0.25) is 4.79 Å². The highest BCUT2D eigenvalue weighted by Crippen LogP contribution is 2.14. The van der Waals surface area contributed by atoms with Gasteiger partial charge in [0, 0.05) is 23.3 Å². The standard InChI is InChI=1S/C9H14N2OS/c1-7-3-4-8(13-7)5-11-6-9(12)10-2/h3-4,11H,5-6H2,1-2H3,(H,10,12). The number of hydrogen-bond donors (Lipinski definition) is 2. The highest BCUT2D eigenvalue weighted by molar-refractivity contribution is 7.11. The number of likely N-dealkylation sites (N-methyl/N-ethyl adjacent to an activating group) is 1. The van der Waals surface area contributed by atoms with E-state index in [9.17, 15) is 4.79 Å². The first-order valence-electron chi connectivity index (χ1n) is 4.19. The minimum absolute atomic E-state index is 0.0216. The van der Waals surface area contributed by atoms with E-state index in [1.54, 1.807) is 18.4 Å². The minimum atomic E-state index is 0.0216. The molecular weight excluding hydrogens is 184 g/mol. The van der Waals surface area contributed by atoms with Crippen LogP contribution in [-0.4, -0.2) is 19.5 Å². The van der Waals surface area contributed by atoms with E-state index in [2.05, 4.69) is 29.7 Å². The van der Waals surface area contributed by atoms with Crippen LogP contribution in [0, 0.1) is 6.92 Å². The first-order valence-corrected chi connectivity index (χ1v) is 5.00. The van der Waals surface area contributed by atoms with Crippen LogP contribution >= 0.6 is 11.3 Å². The normalized spacial score (nSPS) is 10.0. The Balaban J connectivity index is 2.24. The number of thiophene rings is 1. The van der Waals surface area contributed by atoms with Crippen molar-refractivity contribution in [2.75, 3.05) is 13.6 Å². The van der Waals surface area contributed by atoms with Crippen molar-refractivity contribution in [2.24, 2.45) is 0 Å². The maximum Gasteiger partial charge on any atom is 0.233 e. The van der Waals surface area contributed by atoms with Gasteiger partial charge in [0.1, 0.15) is 0 Å². The van der Waals surface area contributed by atoms with Crippen LogP contribution in [0.15, 0.2) is 12.1 Å². The molecule has 0 aliphatic carbocycles. The molecule has 72 valence electrons. The van der Waals surface area contributed by atoms with E-state index in [1.165, 1.54) is 9.75 Å². The molecule has 0 spiro atoms. The fourth-order valence-corrected chi connectivity index (χ4v) is 1.83. The van der Waals surface area contributed by atoms with Gasteiger partial charge in [-0.05, 0) is 19.1 Å². The third-order valence-corrected chi connectivity index (χ3v) is 2.66. The molecule has 1 aromatic heterocycles. The number of amides is 1. The van der Waals surface area contributed by atoms with Crippen LogP contribution in [0.5, 0.6) is 0 Å². The molecular formula is C9H14N2OS. The maximum atomic E-state index is 10.8. The van der Waals surface area contributed by atoms with Gasteiger partial charge < -0.3 is 10.6 Å². The van der Waals surface area contributed by atoms with Crippen molar-refractivity contribution in [2.45, 2.75) is 13.5 Å². The molecule has 0 radical (unpaired) electrons. The first kappa shape index (κ1) is 10.2. The fourth-order valence-electron chi connectivity index (χ4n) is 0.968. The smallest absolute Gasteiger partial charge is 0.233 e. The van der Waals surface area contributed by atoms with Crippen molar-refractivity contribution in [3.05, 3.63) is 21.9 Å². The Morgan fingerprint density at radius 3 is 2.85 bits per heavy atom. The van der Waals surface area contributed by atoms with E-state index in [4.69, 9.17) is 0 Å². The lowest BCUT2D eigenvalue weighted by atomic mass is 10.4. The van der Waals surface area contributed by atoms with Crippen LogP contribution in [0.3, 0.4) is 0 Å². The number of rotatable bonds is 4. The van der Waals surface area contributed by atoms with Gasteiger partial charge in [-0.25, -0.2) is 0 Å². The molecule has 4 heteroatoms. The average Bonchev–Trinajstić information content (AvgIpc) is 2.51. The summed E-state index contributed by atoms with van der Waals surface area (Å²) in [5.41, 5.74) is 0. The number of carbonyl (C=O) groups is 1. The van der Waals surface area contributed by atoms with Gasteiger partial charge in [0.15, 0.2) is 0 Å². The molecule has 1 aromatic rings. The van der Waals surface area contributed by atoms with Crippen LogP contribution in [0.2, 0.25) is 0 Å². The molecule has 1 amide bonds. The molecule has 0 saturated heterocycles. The van der Waals surface area contributed by atoms with E-state index < -0.39 is 0 Å². The third-order valence-electron chi connectivity index (χ3n) is 1.66. The summed E-state index contributed by atoms with van der Waals surface area (Å²) in [7, 11) is 1.64. The molecule has 0 aliphatic heterocycles. The molecule has 0 unspecified atom stereocenters. The van der Waals surface area contributed by atoms with Crippen molar-refractivity contribution in [1.82, 2.24) is 10.6 Å². The van der Waals surface area contributed by atoms with Gasteiger partial charge in [-0.1, -0.05) is 0 Å². The lowest BCUT2D eigenvalue weighted by Crippen LogP contribution is -2.30. The van der Waals surface area contributed by atoms with Crippen LogP contribution < -0.4 is 10.6 Å². The summed E-state index contributed by atoms with van der Waals surface area (Å²) in [5.74, 6) is 0.0216. The van der Waals surface area contributed by atoms with Crippen LogP contribution in [0.4, 0.5) is 0 Å². The van der Waals surface area contributed by atoms with Gasteiger partial charge in [0.05, 0.1) is 6.54 Å². The van der Waals surface area contributed by atoms with Gasteiger partial charge in [-0.15, -0.1) is 11.3 Å². The number of hydrogen-bond acceptors (Lipinski definition) is 3. The molecule has 1 heterocycles. The zero-order valence-corrected chi connectivity index (χ0v) is 8.70. The predicted molar refractivity (Wildman–Crippen MR) is 54.8 cm³/mol. The Kier molecular flexibility index (Phi) is 3.92. The van der Waals surface area contributed by atoms with Crippen molar-refractivity contribution >= 4 is 17.2 Å². The van der Waals surface area contributed by atoms with Gasteiger partial charge in [-0.2, -0.15) is 0 Å². The van der Waals surface area contributed by atoms with Gasteiger partial charge >= 0.3 is 0 Å². The zero-order chi connectivity index (χ0) is 9.68. The summed E-state index contributed by atoms with van der Waals surface area (Å²) in [5, 5.41) is 5.62. The Hall–Kier alpha value is -0.870. The summed E-state index contributed by atoms with van der Waals surface area (Å²) in [6.45, 7) is 3.23. The molecule has 0 aliphatic rings. The fraction of sp³-hybridized carbons (Fsp3) is 0.444. The molecule has 0 fully saturated rings. The highest BCUT2D eigenvalue weighted by Gasteiger charge is 1.98. The summed E-state index contributed by atoms with van der Waals surface area (Å²) in [6, 6.07) is 4.17. The SMILES string of the molecule is CNC(=O)CNCc1ccc(C)s1. The first-order chi connectivity index (χ1) is 6.22. The summed E-state index contributed by atoms with van der Waals surface area (Å²) < 4.78 is 0. The highest BCUT2D eigenvalue weighted by atomic mass is 32.1. The summed E-state index contributed by atoms with van der Waals surface area (Å²) in [6.07, 6.45) is 0. The molecule has 0 aromatic carbocycles. The van der Waals surface area contributed by atoms with Gasteiger partial charge in [0.2, 0.25) is 5.91 Å². The summed E-state index contributed by atoms with van der Waals surface area (Å²) in [4.78, 5) is 13.4. The molecule has 0 atom stereocenters. The van der Waals surface area contributed by atoms with E-state index in [-0.39, 0.29) is 5.91 Å². The Morgan fingerprint density at radius 1 is 1.54 bits per heavy atom. The summed E-state index contributed by atoms with van der Waals surface area (Å²) >= 11 is 1.75. The van der Waals surface area contributed by atoms with Crippen molar-refractivity contribution in [3.63, 3.8) is 0 Å². The van der Waals surface area contributed by atoms with E-state index in [0.717, 1.165) is 6.54 Å². The van der Waals surface area contributed by atoms with Crippen molar-refractivity contribution in [1.29, 1.82) is 0 Å². The topological polar surface area (TPSA) is 41.1 Å². The number of nitrogens with one attached hydrogen (secondary N) is 2. The quantitative estimate of drug-likeness (QED) is 0.754. The molecule has 0 bridgehead atoms. The van der Waals surface area contributed by atoms with E-state index in [1.807, 2.05) is 0 Å². The van der Waals surface area contributed by atoms with E-state index in [0.29, 0.717) is 6.54 Å².